The Labute approximate surface area is 214 Å². The van der Waals surface area contributed by atoms with Crippen LogP contribution in [0, 0.1) is 0 Å². The van der Waals surface area contributed by atoms with Crippen LogP contribution in [0.5, 0.6) is 0 Å². The Hall–Kier alpha value is -2.87. The van der Waals surface area contributed by atoms with Gasteiger partial charge >= 0.3 is 6.03 Å². The van der Waals surface area contributed by atoms with E-state index in [4.69, 9.17) is 23.2 Å². The zero-order valence-corrected chi connectivity index (χ0v) is 21.3. The lowest BCUT2D eigenvalue weighted by Gasteiger charge is -2.31. The van der Waals surface area contributed by atoms with Crippen molar-refractivity contribution in [3.8, 4) is 11.1 Å². The van der Waals surface area contributed by atoms with Crippen LogP contribution < -0.4 is 5.32 Å². The van der Waals surface area contributed by atoms with Crippen LogP contribution in [0.4, 0.5) is 10.5 Å². The second-order valence-corrected chi connectivity index (χ2v) is 11.5. The molecule has 2 amide bonds. The highest BCUT2D eigenvalue weighted by Gasteiger charge is 2.32. The third kappa shape index (κ3) is 5.69. The van der Waals surface area contributed by atoms with Crippen molar-refractivity contribution >= 4 is 50.5 Å². The van der Waals surface area contributed by atoms with Gasteiger partial charge in [-0.2, -0.15) is 0 Å². The van der Waals surface area contributed by atoms with Crippen LogP contribution in [0.1, 0.15) is 30.1 Å². The zero-order chi connectivity index (χ0) is 25.2. The van der Waals surface area contributed by atoms with Crippen LogP contribution in [0.25, 0.3) is 11.1 Å². The van der Waals surface area contributed by atoms with E-state index in [0.717, 1.165) is 11.1 Å². The van der Waals surface area contributed by atoms with Gasteiger partial charge < -0.3 is 10.2 Å². The van der Waals surface area contributed by atoms with Crippen molar-refractivity contribution in [2.45, 2.75) is 29.9 Å². The number of amides is 2. The molecule has 0 aromatic heterocycles. The van der Waals surface area contributed by atoms with Crippen LogP contribution in [0.15, 0.2) is 71.6 Å². The zero-order valence-electron chi connectivity index (χ0n) is 19.0. The van der Waals surface area contributed by atoms with E-state index >= 15 is 0 Å². The van der Waals surface area contributed by atoms with E-state index in [-0.39, 0.29) is 16.7 Å². The van der Waals surface area contributed by atoms with E-state index in [0.29, 0.717) is 47.2 Å². The van der Waals surface area contributed by atoms with Gasteiger partial charge in [0, 0.05) is 39.9 Å². The van der Waals surface area contributed by atoms with Crippen LogP contribution in [0.2, 0.25) is 10.0 Å². The number of anilines is 1. The number of hydrogen-bond acceptors (Lipinski definition) is 4. The molecule has 182 valence electrons. The summed E-state index contributed by atoms with van der Waals surface area (Å²) in [4.78, 5) is 25.9. The molecule has 0 bridgehead atoms. The molecule has 0 atom stereocenters. The summed E-state index contributed by atoms with van der Waals surface area (Å²) in [6.07, 6.45) is 0.702. The number of carbonyl (C=O) groups excluding carboxylic acids is 2. The van der Waals surface area contributed by atoms with E-state index in [1.54, 1.807) is 71.6 Å². The fourth-order valence-corrected chi connectivity index (χ4v) is 6.35. The minimum absolute atomic E-state index is 0.0467. The van der Waals surface area contributed by atoms with Gasteiger partial charge in [-0.15, -0.1) is 0 Å². The Bertz CT molecular complexity index is 1350. The highest BCUT2D eigenvalue weighted by molar-refractivity contribution is 7.92. The van der Waals surface area contributed by atoms with E-state index in [9.17, 15) is 18.0 Å². The fraction of sp³-hybridized carbons (Fsp3) is 0.231. The minimum atomic E-state index is -3.54. The molecule has 1 fully saturated rings. The van der Waals surface area contributed by atoms with Crippen LogP contribution in [-0.2, 0) is 9.84 Å². The Kier molecular flexibility index (Phi) is 7.50. The maximum Gasteiger partial charge on any atom is 0.321 e. The van der Waals surface area contributed by atoms with Gasteiger partial charge in [0.05, 0.1) is 10.1 Å². The lowest BCUT2D eigenvalue weighted by atomic mass is 10.1. The summed E-state index contributed by atoms with van der Waals surface area (Å²) in [7, 11) is -3.54. The van der Waals surface area contributed by atoms with Gasteiger partial charge in [-0.3, -0.25) is 4.79 Å². The van der Waals surface area contributed by atoms with Gasteiger partial charge in [0.25, 0.3) is 0 Å². The number of rotatable bonds is 5. The molecule has 1 aliphatic heterocycles. The van der Waals surface area contributed by atoms with Gasteiger partial charge in [-0.25, -0.2) is 13.2 Å². The highest BCUT2D eigenvalue weighted by Crippen LogP contribution is 2.32. The van der Waals surface area contributed by atoms with E-state index in [2.05, 4.69) is 5.32 Å². The molecule has 0 spiro atoms. The number of nitrogens with zero attached hydrogens (tertiary/aromatic N) is 1. The molecule has 3 aromatic carbocycles. The summed E-state index contributed by atoms with van der Waals surface area (Å²) in [5, 5.41) is 3.26. The smallest absolute Gasteiger partial charge is 0.321 e. The molecule has 0 radical (unpaired) electrons. The number of urea groups is 1. The maximum absolute atomic E-state index is 13.2. The van der Waals surface area contributed by atoms with Crippen molar-refractivity contribution in [3.63, 3.8) is 0 Å². The summed E-state index contributed by atoms with van der Waals surface area (Å²) in [5.41, 5.74) is 2.72. The normalized spacial score (nSPS) is 14.5. The Morgan fingerprint density at radius 3 is 2.11 bits per heavy atom. The monoisotopic (exact) mass is 530 g/mol. The summed E-state index contributed by atoms with van der Waals surface area (Å²) in [5.74, 6) is -0.0467. The number of benzene rings is 3. The molecule has 0 aliphatic carbocycles. The SMILES string of the molecule is CC(=O)c1ccc(NC(=O)N2CCC(S(=O)(=O)c3ccc(-c4ccc(Cl)cc4Cl)cc3)CC2)cc1. The first-order valence-corrected chi connectivity index (χ1v) is 13.4. The van der Waals surface area contributed by atoms with E-state index in [1.807, 2.05) is 0 Å². The van der Waals surface area contributed by atoms with Gasteiger partial charge in [-0.1, -0.05) is 41.4 Å². The minimum Gasteiger partial charge on any atom is -0.324 e. The Balaban J connectivity index is 1.38. The van der Waals surface area contributed by atoms with Crippen molar-refractivity contribution in [1.29, 1.82) is 0 Å². The average molecular weight is 531 g/mol. The van der Waals surface area contributed by atoms with Gasteiger partial charge in [0.15, 0.2) is 15.6 Å². The molecular weight excluding hydrogens is 507 g/mol. The molecule has 1 N–H and O–H groups in total. The molecule has 0 saturated carbocycles. The predicted octanol–water partition coefficient (Wildman–Crippen LogP) is 6.33. The molecule has 9 heteroatoms. The topological polar surface area (TPSA) is 83.6 Å². The quantitative estimate of drug-likeness (QED) is 0.390. The van der Waals surface area contributed by atoms with Crippen molar-refractivity contribution in [3.05, 3.63) is 82.3 Å². The number of piperidine rings is 1. The first-order chi connectivity index (χ1) is 16.6. The number of sulfone groups is 1. The predicted molar refractivity (Wildman–Crippen MR) is 139 cm³/mol. The number of hydrogen-bond donors (Lipinski definition) is 1. The van der Waals surface area contributed by atoms with Crippen LogP contribution in [-0.4, -0.2) is 43.5 Å². The molecule has 1 heterocycles. The maximum atomic E-state index is 13.2. The lowest BCUT2D eigenvalue weighted by Crippen LogP contribution is -2.44. The fourth-order valence-electron chi connectivity index (χ4n) is 4.10. The second kappa shape index (κ2) is 10.4. The highest BCUT2D eigenvalue weighted by atomic mass is 35.5. The number of halogens is 2. The summed E-state index contributed by atoms with van der Waals surface area (Å²) < 4.78 is 26.4. The lowest BCUT2D eigenvalue weighted by molar-refractivity contribution is 0.101. The number of ketones is 1. The van der Waals surface area contributed by atoms with Crippen LogP contribution >= 0.6 is 23.2 Å². The molecule has 6 nitrogen and oxygen atoms in total. The van der Waals surface area contributed by atoms with E-state index in [1.165, 1.54) is 6.92 Å². The van der Waals surface area contributed by atoms with E-state index < -0.39 is 15.1 Å². The van der Waals surface area contributed by atoms with Gasteiger partial charge in [0.1, 0.15) is 0 Å². The van der Waals surface area contributed by atoms with Crippen molar-refractivity contribution in [2.24, 2.45) is 0 Å². The van der Waals surface area contributed by atoms with Crippen molar-refractivity contribution in [2.75, 3.05) is 18.4 Å². The summed E-state index contributed by atoms with van der Waals surface area (Å²) >= 11 is 12.2. The Morgan fingerprint density at radius 2 is 1.54 bits per heavy atom. The largest absolute Gasteiger partial charge is 0.324 e. The molecule has 4 rings (SSSR count). The average Bonchev–Trinajstić information content (AvgIpc) is 2.84. The summed E-state index contributed by atoms with van der Waals surface area (Å²) in [6, 6.07) is 18.2. The number of nitrogens with one attached hydrogen (secondary N) is 1. The molecule has 0 unspecified atom stereocenters. The molecule has 1 aliphatic rings. The first-order valence-electron chi connectivity index (χ1n) is 11.1. The first kappa shape index (κ1) is 25.2. The number of carbonyl (C=O) groups is 2. The third-order valence-electron chi connectivity index (χ3n) is 6.14. The van der Waals surface area contributed by atoms with Crippen molar-refractivity contribution < 1.29 is 18.0 Å². The Morgan fingerprint density at radius 1 is 0.914 bits per heavy atom. The number of Topliss-reactive ketones (excluding diaryl/α,β-unsaturated/α-hetero) is 1. The summed E-state index contributed by atoms with van der Waals surface area (Å²) in [6.45, 7) is 2.15. The molecule has 1 saturated heterocycles. The third-order valence-corrected chi connectivity index (χ3v) is 8.96. The van der Waals surface area contributed by atoms with Gasteiger partial charge in [-0.05, 0) is 73.9 Å². The molecule has 35 heavy (non-hydrogen) atoms. The molecule has 3 aromatic rings. The number of likely N-dealkylation sites (tertiary alicyclic amines) is 1. The van der Waals surface area contributed by atoms with Crippen molar-refractivity contribution in [1.82, 2.24) is 4.90 Å². The second-order valence-electron chi connectivity index (χ2n) is 8.44. The van der Waals surface area contributed by atoms with Gasteiger partial charge in [0.2, 0.25) is 0 Å². The van der Waals surface area contributed by atoms with Crippen LogP contribution in [0.3, 0.4) is 0 Å². The molecular formula is C26H24Cl2N2O4S. The standard InChI is InChI=1S/C26H24Cl2N2O4S/c1-17(31)18-2-7-21(8-3-18)29-26(32)30-14-12-23(13-15-30)35(33,34)22-9-4-19(5-10-22)24-11-6-20(27)16-25(24)28/h2-11,16,23H,12-15H2,1H3,(H,29,32).